The van der Waals surface area contributed by atoms with E-state index in [0.717, 1.165) is 12.8 Å². The molecule has 0 spiro atoms. The van der Waals surface area contributed by atoms with Gasteiger partial charge in [0.2, 0.25) is 0 Å². The van der Waals surface area contributed by atoms with Crippen LogP contribution in [0.3, 0.4) is 0 Å². The first-order valence-electron chi connectivity index (χ1n) is 4.11. The first-order valence-corrected chi connectivity index (χ1v) is 5.72. The second kappa shape index (κ2) is 5.50. The molecule has 0 fully saturated rings. The van der Waals surface area contributed by atoms with Crippen LogP contribution in [0.5, 0.6) is 0 Å². The fourth-order valence-corrected chi connectivity index (χ4v) is 1.16. The van der Waals surface area contributed by atoms with Crippen LogP contribution in [0.1, 0.15) is 26.7 Å². The summed E-state index contributed by atoms with van der Waals surface area (Å²) in [4.78, 5) is 0. The van der Waals surface area contributed by atoms with Gasteiger partial charge in [0.25, 0.3) is 10.1 Å². The molecule has 74 valence electrons. The summed E-state index contributed by atoms with van der Waals surface area (Å²) in [5.41, 5.74) is 0. The average molecular weight is 195 g/mol. The zero-order valence-corrected chi connectivity index (χ0v) is 8.39. The van der Waals surface area contributed by atoms with E-state index in [0.29, 0.717) is 12.5 Å². The fourth-order valence-electron chi connectivity index (χ4n) is 0.754. The van der Waals surface area contributed by atoms with E-state index in [-0.39, 0.29) is 5.88 Å². The summed E-state index contributed by atoms with van der Waals surface area (Å²) < 4.78 is 28.8. The van der Waals surface area contributed by atoms with Crippen molar-refractivity contribution >= 4 is 10.1 Å². The van der Waals surface area contributed by atoms with Gasteiger partial charge < -0.3 is 5.32 Å². The number of hydrogen-bond donors (Lipinski definition) is 2. The van der Waals surface area contributed by atoms with Crippen LogP contribution in [0.2, 0.25) is 0 Å². The highest BCUT2D eigenvalue weighted by molar-refractivity contribution is 7.85. The Hall–Kier alpha value is -0.130. The second-order valence-electron chi connectivity index (χ2n) is 3.03. The van der Waals surface area contributed by atoms with Crippen molar-refractivity contribution in [3.63, 3.8) is 0 Å². The lowest BCUT2D eigenvalue weighted by atomic mass is 10.1. The van der Waals surface area contributed by atoms with Gasteiger partial charge in [-0.3, -0.25) is 4.55 Å². The summed E-state index contributed by atoms with van der Waals surface area (Å²) in [7, 11) is -3.84. The molecule has 0 aromatic carbocycles. The van der Waals surface area contributed by atoms with Crippen molar-refractivity contribution in [2.45, 2.75) is 26.7 Å². The first-order chi connectivity index (χ1) is 5.45. The molecule has 4 nitrogen and oxygen atoms in total. The Bertz CT molecular complexity index is 201. The molecular weight excluding hydrogens is 178 g/mol. The van der Waals surface area contributed by atoms with Gasteiger partial charge in [0.15, 0.2) is 0 Å². The maximum atomic E-state index is 10.2. The normalized spacial score (nSPS) is 14.6. The highest BCUT2D eigenvalue weighted by atomic mass is 32.2. The van der Waals surface area contributed by atoms with Crippen LogP contribution in [0.25, 0.3) is 0 Å². The third kappa shape index (κ3) is 7.97. The SMILES string of the molecule is CCC(C)CCNCS(=O)(=O)O. The van der Waals surface area contributed by atoms with Crippen molar-refractivity contribution in [2.24, 2.45) is 5.92 Å². The van der Waals surface area contributed by atoms with Gasteiger partial charge in [0.05, 0.1) is 0 Å². The van der Waals surface area contributed by atoms with Gasteiger partial charge in [-0.05, 0) is 18.9 Å². The number of nitrogens with one attached hydrogen (secondary N) is 1. The van der Waals surface area contributed by atoms with Gasteiger partial charge in [-0.15, -0.1) is 0 Å². The molecule has 1 atom stereocenters. The van der Waals surface area contributed by atoms with Crippen LogP contribution in [-0.4, -0.2) is 25.4 Å². The molecule has 0 bridgehead atoms. The standard InChI is InChI=1S/C7H17NO3S/c1-3-7(2)4-5-8-6-12(9,10)11/h7-8H,3-6H2,1-2H3,(H,9,10,11). The van der Waals surface area contributed by atoms with Gasteiger partial charge in [0, 0.05) is 0 Å². The van der Waals surface area contributed by atoms with Gasteiger partial charge in [-0.1, -0.05) is 20.3 Å². The minimum absolute atomic E-state index is 0.344. The molecule has 0 rings (SSSR count). The highest BCUT2D eigenvalue weighted by Crippen LogP contribution is 2.03. The van der Waals surface area contributed by atoms with Gasteiger partial charge in [0.1, 0.15) is 5.88 Å². The Kier molecular flexibility index (Phi) is 5.44. The Balaban J connectivity index is 3.34. The largest absolute Gasteiger partial charge is 0.302 e. The van der Waals surface area contributed by atoms with E-state index in [1.807, 2.05) is 0 Å². The molecule has 0 saturated carbocycles. The van der Waals surface area contributed by atoms with E-state index in [9.17, 15) is 8.42 Å². The van der Waals surface area contributed by atoms with E-state index in [2.05, 4.69) is 19.2 Å². The van der Waals surface area contributed by atoms with Crippen molar-refractivity contribution < 1.29 is 13.0 Å². The third-order valence-electron chi connectivity index (χ3n) is 1.80. The van der Waals surface area contributed by atoms with E-state index in [4.69, 9.17) is 4.55 Å². The second-order valence-corrected chi connectivity index (χ2v) is 4.48. The summed E-state index contributed by atoms with van der Waals surface area (Å²) in [6, 6.07) is 0. The van der Waals surface area contributed by atoms with Crippen LogP contribution in [0.4, 0.5) is 0 Å². The lowest BCUT2D eigenvalue weighted by molar-refractivity contribution is 0.464. The van der Waals surface area contributed by atoms with Gasteiger partial charge in [-0.2, -0.15) is 8.42 Å². The van der Waals surface area contributed by atoms with E-state index in [1.165, 1.54) is 0 Å². The molecule has 0 amide bonds. The van der Waals surface area contributed by atoms with Gasteiger partial charge in [-0.25, -0.2) is 0 Å². The number of hydrogen-bond acceptors (Lipinski definition) is 3. The Morgan fingerprint density at radius 1 is 1.50 bits per heavy atom. The van der Waals surface area contributed by atoms with Crippen LogP contribution >= 0.6 is 0 Å². The molecule has 0 aliphatic heterocycles. The molecular formula is C7H17NO3S. The molecule has 0 aromatic heterocycles. The summed E-state index contributed by atoms with van der Waals surface area (Å²) in [5.74, 6) is 0.252. The van der Waals surface area contributed by atoms with E-state index < -0.39 is 10.1 Å². The van der Waals surface area contributed by atoms with Crippen LogP contribution in [0.15, 0.2) is 0 Å². The van der Waals surface area contributed by atoms with Crippen molar-refractivity contribution in [2.75, 3.05) is 12.4 Å². The molecule has 0 radical (unpaired) electrons. The molecule has 0 saturated heterocycles. The predicted octanol–water partition coefficient (Wildman–Crippen LogP) is 0.858. The van der Waals surface area contributed by atoms with Crippen LogP contribution < -0.4 is 5.32 Å². The molecule has 5 heteroatoms. The molecule has 0 aromatic rings. The molecule has 0 heterocycles. The molecule has 12 heavy (non-hydrogen) atoms. The molecule has 0 aliphatic carbocycles. The van der Waals surface area contributed by atoms with Gasteiger partial charge >= 0.3 is 0 Å². The average Bonchev–Trinajstić information content (AvgIpc) is 1.96. The topological polar surface area (TPSA) is 66.4 Å². The lowest BCUT2D eigenvalue weighted by Crippen LogP contribution is -2.24. The van der Waals surface area contributed by atoms with Crippen LogP contribution in [-0.2, 0) is 10.1 Å². The summed E-state index contributed by atoms with van der Waals surface area (Å²) in [6.45, 7) is 4.83. The Morgan fingerprint density at radius 3 is 2.50 bits per heavy atom. The highest BCUT2D eigenvalue weighted by Gasteiger charge is 2.03. The third-order valence-corrected chi connectivity index (χ3v) is 2.36. The maximum absolute atomic E-state index is 10.2. The van der Waals surface area contributed by atoms with E-state index in [1.54, 1.807) is 0 Å². The predicted molar refractivity (Wildman–Crippen MR) is 48.5 cm³/mol. The monoisotopic (exact) mass is 195 g/mol. The number of rotatable bonds is 6. The summed E-state index contributed by atoms with van der Waals surface area (Å²) >= 11 is 0. The Morgan fingerprint density at radius 2 is 2.08 bits per heavy atom. The zero-order chi connectivity index (χ0) is 9.61. The fraction of sp³-hybridized carbons (Fsp3) is 1.00. The quantitative estimate of drug-likeness (QED) is 0.487. The molecule has 0 aliphatic rings. The lowest BCUT2D eigenvalue weighted by Gasteiger charge is -2.07. The van der Waals surface area contributed by atoms with E-state index >= 15 is 0 Å². The first kappa shape index (κ1) is 11.9. The zero-order valence-electron chi connectivity index (χ0n) is 7.58. The molecule has 1 unspecified atom stereocenters. The molecule has 2 N–H and O–H groups in total. The Labute approximate surface area is 74.1 Å². The van der Waals surface area contributed by atoms with Crippen molar-refractivity contribution in [1.29, 1.82) is 0 Å². The summed E-state index contributed by atoms with van der Waals surface area (Å²) in [6.07, 6.45) is 2.03. The maximum Gasteiger partial charge on any atom is 0.278 e. The smallest absolute Gasteiger partial charge is 0.278 e. The van der Waals surface area contributed by atoms with Crippen LogP contribution in [0, 0.1) is 5.92 Å². The van der Waals surface area contributed by atoms with Crippen molar-refractivity contribution in [3.8, 4) is 0 Å². The minimum Gasteiger partial charge on any atom is -0.302 e. The van der Waals surface area contributed by atoms with Crippen molar-refractivity contribution in [1.82, 2.24) is 5.32 Å². The minimum atomic E-state index is -3.84. The summed E-state index contributed by atoms with van der Waals surface area (Å²) in [5, 5.41) is 2.65. The van der Waals surface area contributed by atoms with Crippen molar-refractivity contribution in [3.05, 3.63) is 0 Å².